The summed E-state index contributed by atoms with van der Waals surface area (Å²) in [5.74, 6) is 0.641. The van der Waals surface area contributed by atoms with Gasteiger partial charge in [0.1, 0.15) is 11.5 Å². The van der Waals surface area contributed by atoms with E-state index in [9.17, 15) is 10.2 Å². The number of hydrogen-bond acceptors (Lipinski definition) is 2. The molecule has 2 N–H and O–H groups in total. The first kappa shape index (κ1) is 75.5. The van der Waals surface area contributed by atoms with Crippen molar-refractivity contribution >= 4 is 0 Å². The summed E-state index contributed by atoms with van der Waals surface area (Å²) in [6.45, 7) is 14.1. The predicted octanol–water partition coefficient (Wildman–Crippen LogP) is 31.1. The maximum absolute atomic E-state index is 10.4. The molecule has 0 heterocycles. The summed E-state index contributed by atoms with van der Waals surface area (Å²) < 4.78 is 0. The van der Waals surface area contributed by atoms with Gasteiger partial charge in [-0.2, -0.15) is 0 Å². The molecule has 0 saturated heterocycles. The van der Waals surface area contributed by atoms with E-state index in [0.29, 0.717) is 11.5 Å². The second-order valence-electron chi connectivity index (χ2n) is 32.0. The fourth-order valence-corrected chi connectivity index (χ4v) is 19.1. The van der Waals surface area contributed by atoms with Crippen LogP contribution in [0, 0.1) is 0 Å². The summed E-state index contributed by atoms with van der Waals surface area (Å²) in [6, 6.07) is 61.9. The Morgan fingerprint density at radius 3 is 0.505 bits per heavy atom. The largest absolute Gasteiger partial charge is 0.508 e. The van der Waals surface area contributed by atoms with Crippen LogP contribution in [0.15, 0.2) is 158 Å². The monoisotopic (exact) mass is 1350 g/mol. The van der Waals surface area contributed by atoms with E-state index in [-0.39, 0.29) is 16.2 Å². The summed E-state index contributed by atoms with van der Waals surface area (Å²) in [6.07, 6.45) is 53.8. The minimum absolute atomic E-state index is 0.0783. The first-order valence-electron chi connectivity index (χ1n) is 42.1. The van der Waals surface area contributed by atoms with Gasteiger partial charge in [-0.25, -0.2) is 0 Å². The first-order valence-corrected chi connectivity index (χ1v) is 42.1. The number of fused-ring (bicyclic) bond motifs is 9. The fraction of sp³-hybridized carbons (Fsp3) is 0.515. The highest BCUT2D eigenvalue weighted by Gasteiger charge is 2.46. The van der Waals surface area contributed by atoms with Crippen LogP contribution in [-0.2, 0) is 16.2 Å². The van der Waals surface area contributed by atoms with Crippen molar-refractivity contribution in [1.82, 2.24) is 0 Å². The van der Waals surface area contributed by atoms with Crippen molar-refractivity contribution in [3.8, 4) is 89.4 Å². The van der Waals surface area contributed by atoms with Crippen LogP contribution in [0.4, 0.5) is 0 Å². The number of phenolic OH excluding ortho intramolecular Hbond substituents is 2. The van der Waals surface area contributed by atoms with Crippen LogP contribution in [-0.4, -0.2) is 10.2 Å². The summed E-state index contributed by atoms with van der Waals surface area (Å²) >= 11 is 0. The van der Waals surface area contributed by atoms with Crippen LogP contribution < -0.4 is 0 Å². The van der Waals surface area contributed by atoms with E-state index in [1.54, 1.807) is 22.3 Å². The normalized spacial score (nSPS) is 14.0. The lowest BCUT2D eigenvalue weighted by atomic mass is 9.69. The van der Waals surface area contributed by atoms with Crippen LogP contribution >= 0.6 is 0 Å². The van der Waals surface area contributed by atoms with Gasteiger partial charge >= 0.3 is 0 Å². The second-order valence-corrected chi connectivity index (χ2v) is 32.0. The molecule has 0 bridgehead atoms. The standard InChI is InChI=1S/C99H130O2/c1-7-13-19-25-31-37-63-97(64-38-32-26-20-14-8-2)91-69-77(75-43-53-83(100)54-44-75)47-57-85(91)87-59-49-79(71-93(87)97)81-51-61-89-90-62-52-82(74-96(90)99(95(89)73-81,67-41-35-29-23-17-11-5)68-42-36-30-24-18-12-6)80-50-60-88-86-58-48-78(76-45-55-84(101)56-46-76)70-92(86)98(94(88)72-80,65-39-33-27-21-15-9-3)66-40-34-28-22-16-10-4/h43-62,69-74,100-101H,7-42,63-68H2,1-6H3. The van der Waals surface area contributed by atoms with E-state index >= 15 is 0 Å². The minimum atomic E-state index is -0.0972. The molecule has 0 unspecified atom stereocenters. The quantitative estimate of drug-likeness (QED) is 0.0373. The van der Waals surface area contributed by atoms with Gasteiger partial charge in [0.05, 0.1) is 0 Å². The van der Waals surface area contributed by atoms with Crippen LogP contribution in [0.5, 0.6) is 11.5 Å². The fourth-order valence-electron chi connectivity index (χ4n) is 19.1. The van der Waals surface area contributed by atoms with Gasteiger partial charge in [0, 0.05) is 16.2 Å². The molecule has 2 heteroatoms. The van der Waals surface area contributed by atoms with E-state index in [1.165, 1.54) is 359 Å². The molecule has 0 amide bonds. The zero-order chi connectivity index (χ0) is 70.3. The number of aromatic hydroxyl groups is 2. The maximum Gasteiger partial charge on any atom is 0.115 e. The number of unbranched alkanes of at least 4 members (excludes halogenated alkanes) is 30. The Morgan fingerprint density at radius 1 is 0.178 bits per heavy atom. The molecule has 3 aliphatic rings. The third kappa shape index (κ3) is 17.8. The van der Waals surface area contributed by atoms with Gasteiger partial charge in [0.15, 0.2) is 0 Å². The molecule has 0 aliphatic heterocycles. The third-order valence-electron chi connectivity index (χ3n) is 24.9. The molecule has 8 aromatic rings. The molecule has 0 radical (unpaired) electrons. The topological polar surface area (TPSA) is 40.5 Å². The van der Waals surface area contributed by atoms with Crippen molar-refractivity contribution in [2.75, 3.05) is 0 Å². The molecule has 0 atom stereocenters. The average molecular weight is 1350 g/mol. The Bertz CT molecular complexity index is 3570. The van der Waals surface area contributed by atoms with Gasteiger partial charge in [-0.05, 0) is 210 Å². The van der Waals surface area contributed by atoms with E-state index in [0.717, 1.165) is 0 Å². The number of benzene rings is 8. The van der Waals surface area contributed by atoms with Gasteiger partial charge < -0.3 is 10.2 Å². The Balaban J connectivity index is 1.03. The number of hydrogen-bond donors (Lipinski definition) is 2. The van der Waals surface area contributed by atoms with E-state index < -0.39 is 0 Å². The Hall–Kier alpha value is -6.64. The van der Waals surface area contributed by atoms with Crippen molar-refractivity contribution < 1.29 is 10.2 Å². The lowest BCUT2D eigenvalue weighted by molar-refractivity contribution is 0.397. The molecule has 0 saturated carbocycles. The predicted molar refractivity (Wildman–Crippen MR) is 438 cm³/mol. The number of phenols is 2. The first-order chi connectivity index (χ1) is 49.6. The zero-order valence-corrected chi connectivity index (χ0v) is 64.1. The van der Waals surface area contributed by atoms with Crippen molar-refractivity contribution in [3.63, 3.8) is 0 Å². The van der Waals surface area contributed by atoms with Gasteiger partial charge in [0.2, 0.25) is 0 Å². The van der Waals surface area contributed by atoms with Gasteiger partial charge in [-0.15, -0.1) is 0 Å². The number of rotatable bonds is 46. The lowest BCUT2D eigenvalue weighted by Crippen LogP contribution is -2.26. The smallest absolute Gasteiger partial charge is 0.115 e. The molecule has 8 aromatic carbocycles. The van der Waals surface area contributed by atoms with Crippen molar-refractivity contribution in [2.24, 2.45) is 0 Å². The molecule has 3 aliphatic carbocycles. The average Bonchev–Trinajstić information content (AvgIpc) is 1.58. The summed E-state index contributed by atoms with van der Waals surface area (Å²) in [4.78, 5) is 0. The Morgan fingerprint density at radius 2 is 0.327 bits per heavy atom. The van der Waals surface area contributed by atoms with E-state index in [1.807, 2.05) is 24.3 Å². The highest BCUT2D eigenvalue weighted by Crippen LogP contribution is 2.60. The summed E-state index contributed by atoms with van der Waals surface area (Å²) in [5.41, 5.74) is 28.1. The Labute approximate surface area is 614 Å². The summed E-state index contributed by atoms with van der Waals surface area (Å²) in [7, 11) is 0. The SMILES string of the molecule is CCCCCCCCC1(CCCCCCCC)c2cc(-c3ccc(O)cc3)ccc2-c2ccc(-c3ccc4c(c3)C(CCCCCCCC)(CCCCCCCC)c3cc(-c5ccc6c(c5)C(CCCCCCCC)(CCCCCCCC)c5cc(-c7ccc(O)cc7)ccc5-6)ccc3-4)cc21. The minimum Gasteiger partial charge on any atom is -0.508 e. The highest BCUT2D eigenvalue weighted by atomic mass is 16.3. The third-order valence-corrected chi connectivity index (χ3v) is 24.9. The lowest BCUT2D eigenvalue weighted by Gasteiger charge is -2.34. The molecule has 2 nitrogen and oxygen atoms in total. The van der Waals surface area contributed by atoms with Gasteiger partial charge in [-0.3, -0.25) is 0 Å². The van der Waals surface area contributed by atoms with Crippen LogP contribution in [0.25, 0.3) is 77.9 Å². The molecular formula is C99H130O2. The van der Waals surface area contributed by atoms with Crippen LogP contribution in [0.3, 0.4) is 0 Å². The molecule has 11 rings (SSSR count). The van der Waals surface area contributed by atoms with E-state index in [4.69, 9.17) is 0 Å². The van der Waals surface area contributed by atoms with Gasteiger partial charge in [0.25, 0.3) is 0 Å². The molecule has 538 valence electrons. The van der Waals surface area contributed by atoms with Crippen LogP contribution in [0.1, 0.15) is 345 Å². The van der Waals surface area contributed by atoms with Crippen LogP contribution in [0.2, 0.25) is 0 Å². The van der Waals surface area contributed by atoms with Crippen molar-refractivity contribution in [3.05, 3.63) is 191 Å². The zero-order valence-electron chi connectivity index (χ0n) is 64.1. The molecular weight excluding hydrogens is 1220 g/mol. The highest BCUT2D eigenvalue weighted by molar-refractivity contribution is 5.91. The molecule has 0 aromatic heterocycles. The Kier molecular flexibility index (Phi) is 28.2. The molecule has 101 heavy (non-hydrogen) atoms. The summed E-state index contributed by atoms with van der Waals surface area (Å²) in [5, 5.41) is 20.9. The maximum atomic E-state index is 10.4. The van der Waals surface area contributed by atoms with Gasteiger partial charge in [-0.1, -0.05) is 370 Å². The molecule has 0 fully saturated rings. The van der Waals surface area contributed by atoms with Crippen molar-refractivity contribution in [1.29, 1.82) is 0 Å². The van der Waals surface area contributed by atoms with E-state index in [2.05, 4.69) is 175 Å². The molecule has 0 spiro atoms. The second kappa shape index (κ2) is 37.7. The van der Waals surface area contributed by atoms with Crippen molar-refractivity contribution in [2.45, 2.75) is 327 Å².